The molecule has 2 saturated heterocycles. The van der Waals surface area contributed by atoms with Gasteiger partial charge in [-0.3, -0.25) is 10.1 Å². The molecule has 1 N–H and O–H groups in total. The van der Waals surface area contributed by atoms with Crippen LogP contribution in [0.5, 0.6) is 0 Å². The van der Waals surface area contributed by atoms with Gasteiger partial charge in [0.1, 0.15) is 0 Å². The van der Waals surface area contributed by atoms with Crippen molar-refractivity contribution in [2.45, 2.75) is 31.7 Å². The van der Waals surface area contributed by atoms with E-state index in [1.807, 2.05) is 12.1 Å². The predicted molar refractivity (Wildman–Crippen MR) is 79.1 cm³/mol. The third-order valence-electron chi connectivity index (χ3n) is 4.63. The fourth-order valence-corrected chi connectivity index (χ4v) is 3.46. The van der Waals surface area contributed by atoms with E-state index in [1.54, 1.807) is 12.1 Å². The third kappa shape index (κ3) is 2.77. The van der Waals surface area contributed by atoms with Gasteiger partial charge in [-0.15, -0.1) is 0 Å². The first-order chi connectivity index (χ1) is 9.74. The maximum Gasteiger partial charge on any atom is 0.269 e. The largest absolute Gasteiger partial charge is 0.372 e. The van der Waals surface area contributed by atoms with Crippen molar-refractivity contribution in [3.05, 3.63) is 34.4 Å². The van der Waals surface area contributed by atoms with Gasteiger partial charge in [0.15, 0.2) is 0 Å². The molecular weight excluding hydrogens is 254 g/mol. The van der Waals surface area contributed by atoms with Crippen molar-refractivity contribution in [1.29, 1.82) is 0 Å². The second kappa shape index (κ2) is 5.79. The Kier molecular flexibility index (Phi) is 3.87. The summed E-state index contributed by atoms with van der Waals surface area (Å²) in [6.45, 7) is 3.29. The van der Waals surface area contributed by atoms with Gasteiger partial charge < -0.3 is 10.2 Å². The molecule has 2 fully saturated rings. The third-order valence-corrected chi connectivity index (χ3v) is 4.63. The van der Waals surface area contributed by atoms with Crippen molar-refractivity contribution in [2.24, 2.45) is 5.92 Å². The minimum atomic E-state index is -0.345. The number of nitro benzene ring substituents is 1. The number of rotatable bonds is 3. The first-order valence-corrected chi connectivity index (χ1v) is 7.47. The van der Waals surface area contributed by atoms with Gasteiger partial charge >= 0.3 is 0 Å². The number of nitrogens with one attached hydrogen (secondary N) is 1. The van der Waals surface area contributed by atoms with Crippen LogP contribution in [-0.4, -0.2) is 30.6 Å². The zero-order valence-electron chi connectivity index (χ0n) is 11.6. The van der Waals surface area contributed by atoms with Gasteiger partial charge in [0.05, 0.1) is 4.92 Å². The summed E-state index contributed by atoms with van der Waals surface area (Å²) in [5.74, 6) is 0.798. The van der Waals surface area contributed by atoms with E-state index in [2.05, 4.69) is 10.2 Å². The van der Waals surface area contributed by atoms with E-state index in [-0.39, 0.29) is 10.6 Å². The van der Waals surface area contributed by atoms with E-state index in [4.69, 9.17) is 0 Å². The standard InChI is InChI=1S/C15H21N3O2/c19-18(20)14-5-3-13(4-6-14)17-10-7-12(8-11-17)15-2-1-9-16-15/h3-6,12,15-16H,1-2,7-11H2. The highest BCUT2D eigenvalue weighted by molar-refractivity contribution is 5.51. The highest BCUT2D eigenvalue weighted by Crippen LogP contribution is 2.29. The summed E-state index contributed by atoms with van der Waals surface area (Å²) < 4.78 is 0. The Morgan fingerprint density at radius 3 is 2.40 bits per heavy atom. The van der Waals surface area contributed by atoms with Gasteiger partial charge in [0, 0.05) is 37.0 Å². The second-order valence-electron chi connectivity index (χ2n) is 5.80. The molecule has 5 heteroatoms. The van der Waals surface area contributed by atoms with Crippen LogP contribution in [0.1, 0.15) is 25.7 Å². The first-order valence-electron chi connectivity index (χ1n) is 7.47. The van der Waals surface area contributed by atoms with Crippen LogP contribution in [-0.2, 0) is 0 Å². The van der Waals surface area contributed by atoms with Crippen molar-refractivity contribution in [1.82, 2.24) is 5.32 Å². The molecular formula is C15H21N3O2. The molecule has 1 aromatic rings. The number of hydrogen-bond acceptors (Lipinski definition) is 4. The number of anilines is 1. The Morgan fingerprint density at radius 2 is 1.85 bits per heavy atom. The Hall–Kier alpha value is -1.62. The molecule has 0 radical (unpaired) electrons. The molecule has 2 heterocycles. The topological polar surface area (TPSA) is 58.4 Å². The fourth-order valence-electron chi connectivity index (χ4n) is 3.46. The second-order valence-corrected chi connectivity index (χ2v) is 5.80. The summed E-state index contributed by atoms with van der Waals surface area (Å²) in [6, 6.07) is 7.65. The van der Waals surface area contributed by atoms with E-state index in [0.29, 0.717) is 6.04 Å². The van der Waals surface area contributed by atoms with Gasteiger partial charge in [-0.1, -0.05) is 0 Å². The molecule has 1 aromatic carbocycles. The van der Waals surface area contributed by atoms with Gasteiger partial charge in [0.2, 0.25) is 0 Å². The number of piperidine rings is 1. The zero-order valence-corrected chi connectivity index (χ0v) is 11.6. The lowest BCUT2D eigenvalue weighted by Crippen LogP contribution is -2.40. The molecule has 1 unspecified atom stereocenters. The van der Waals surface area contributed by atoms with Crippen molar-refractivity contribution in [3.63, 3.8) is 0 Å². The molecule has 1 atom stereocenters. The molecule has 108 valence electrons. The molecule has 0 aromatic heterocycles. The highest BCUT2D eigenvalue weighted by Gasteiger charge is 2.28. The minimum Gasteiger partial charge on any atom is -0.372 e. The quantitative estimate of drug-likeness (QED) is 0.680. The minimum absolute atomic E-state index is 0.166. The van der Waals surface area contributed by atoms with E-state index in [9.17, 15) is 10.1 Å². The van der Waals surface area contributed by atoms with Gasteiger partial charge in [0.25, 0.3) is 5.69 Å². The Bertz CT molecular complexity index is 461. The summed E-state index contributed by atoms with van der Waals surface area (Å²) >= 11 is 0. The van der Waals surface area contributed by atoms with Gasteiger partial charge in [-0.25, -0.2) is 0 Å². The average molecular weight is 275 g/mol. The molecule has 0 bridgehead atoms. The fraction of sp³-hybridized carbons (Fsp3) is 0.600. The molecule has 2 aliphatic heterocycles. The van der Waals surface area contributed by atoms with Crippen LogP contribution < -0.4 is 10.2 Å². The van der Waals surface area contributed by atoms with Crippen LogP contribution in [0.25, 0.3) is 0 Å². The van der Waals surface area contributed by atoms with Crippen LogP contribution in [0, 0.1) is 16.0 Å². The maximum atomic E-state index is 10.7. The van der Waals surface area contributed by atoms with E-state index in [0.717, 1.165) is 24.7 Å². The average Bonchev–Trinajstić information content (AvgIpc) is 3.02. The first kappa shape index (κ1) is 13.4. The van der Waals surface area contributed by atoms with Crippen LogP contribution in [0.15, 0.2) is 24.3 Å². The Morgan fingerprint density at radius 1 is 1.15 bits per heavy atom. The number of nitrogens with zero attached hydrogens (tertiary/aromatic N) is 2. The summed E-state index contributed by atoms with van der Waals surface area (Å²) in [5.41, 5.74) is 1.27. The molecule has 0 spiro atoms. The monoisotopic (exact) mass is 275 g/mol. The Labute approximate surface area is 119 Å². The summed E-state index contributed by atoms with van der Waals surface area (Å²) in [6.07, 6.45) is 5.07. The number of non-ortho nitro benzene ring substituents is 1. The molecule has 20 heavy (non-hydrogen) atoms. The summed E-state index contributed by atoms with van der Waals surface area (Å²) in [5, 5.41) is 14.3. The molecule has 3 rings (SSSR count). The van der Waals surface area contributed by atoms with Crippen molar-refractivity contribution in [3.8, 4) is 0 Å². The molecule has 5 nitrogen and oxygen atoms in total. The van der Waals surface area contributed by atoms with Crippen LogP contribution in [0.4, 0.5) is 11.4 Å². The lowest BCUT2D eigenvalue weighted by molar-refractivity contribution is -0.384. The molecule has 0 saturated carbocycles. The van der Waals surface area contributed by atoms with E-state index >= 15 is 0 Å². The molecule has 0 amide bonds. The van der Waals surface area contributed by atoms with Crippen LogP contribution in [0.2, 0.25) is 0 Å². The zero-order chi connectivity index (χ0) is 13.9. The maximum absolute atomic E-state index is 10.7. The predicted octanol–water partition coefficient (Wildman–Crippen LogP) is 2.56. The summed E-state index contributed by atoms with van der Waals surface area (Å²) in [7, 11) is 0. The van der Waals surface area contributed by atoms with Crippen molar-refractivity contribution < 1.29 is 4.92 Å². The number of benzene rings is 1. The van der Waals surface area contributed by atoms with Gasteiger partial charge in [-0.05, 0) is 50.3 Å². The van der Waals surface area contributed by atoms with Crippen molar-refractivity contribution >= 4 is 11.4 Å². The molecule has 2 aliphatic rings. The van der Waals surface area contributed by atoms with Crippen LogP contribution in [0.3, 0.4) is 0 Å². The van der Waals surface area contributed by atoms with Crippen molar-refractivity contribution in [2.75, 3.05) is 24.5 Å². The number of hydrogen-bond donors (Lipinski definition) is 1. The lowest BCUT2D eigenvalue weighted by Gasteiger charge is -2.36. The smallest absolute Gasteiger partial charge is 0.269 e. The normalized spacial score (nSPS) is 24.0. The van der Waals surface area contributed by atoms with Gasteiger partial charge in [-0.2, -0.15) is 0 Å². The summed E-state index contributed by atoms with van der Waals surface area (Å²) in [4.78, 5) is 12.7. The number of nitro groups is 1. The SMILES string of the molecule is O=[N+]([O-])c1ccc(N2CCC(C3CCCN3)CC2)cc1. The highest BCUT2D eigenvalue weighted by atomic mass is 16.6. The Balaban J connectivity index is 1.58. The van der Waals surface area contributed by atoms with E-state index < -0.39 is 0 Å². The van der Waals surface area contributed by atoms with Crippen LogP contribution >= 0.6 is 0 Å². The lowest BCUT2D eigenvalue weighted by atomic mass is 9.88. The molecule has 0 aliphatic carbocycles. The van der Waals surface area contributed by atoms with E-state index in [1.165, 1.54) is 32.2 Å².